The highest BCUT2D eigenvalue weighted by molar-refractivity contribution is 5.48. The van der Waals surface area contributed by atoms with Crippen LogP contribution >= 0.6 is 0 Å². The highest BCUT2D eigenvalue weighted by Crippen LogP contribution is 2.16. The van der Waals surface area contributed by atoms with Crippen LogP contribution in [-0.2, 0) is 0 Å². The summed E-state index contributed by atoms with van der Waals surface area (Å²) in [5.41, 5.74) is 8.77. The maximum absolute atomic E-state index is 6.17. The number of likely N-dealkylation sites (N-methyl/N-ethyl adjacent to an activating group) is 1. The standard InChI is InChI=1S/C15H26N2/c1-4-6-9-14(16)12-17(5-2)15-10-7-8-13(3)11-15/h7-8,10-11,14H,4-6,9,12,16H2,1-3H3/t14-/m0/s1. The van der Waals surface area contributed by atoms with E-state index in [9.17, 15) is 0 Å². The van der Waals surface area contributed by atoms with Crippen LogP contribution in [0.5, 0.6) is 0 Å². The van der Waals surface area contributed by atoms with Gasteiger partial charge in [0, 0.05) is 24.8 Å². The fourth-order valence-corrected chi connectivity index (χ4v) is 2.08. The normalized spacial score (nSPS) is 12.5. The molecule has 0 aromatic heterocycles. The van der Waals surface area contributed by atoms with Gasteiger partial charge < -0.3 is 10.6 Å². The minimum Gasteiger partial charge on any atom is -0.370 e. The van der Waals surface area contributed by atoms with E-state index in [0.717, 1.165) is 19.5 Å². The van der Waals surface area contributed by atoms with Crippen LogP contribution in [0, 0.1) is 6.92 Å². The molecule has 0 saturated carbocycles. The molecule has 0 aliphatic rings. The Hall–Kier alpha value is -1.02. The van der Waals surface area contributed by atoms with Gasteiger partial charge in [-0.1, -0.05) is 31.9 Å². The molecule has 0 bridgehead atoms. The van der Waals surface area contributed by atoms with Crippen molar-refractivity contribution < 1.29 is 0 Å². The molecule has 0 aliphatic heterocycles. The number of nitrogens with two attached hydrogens (primary N) is 1. The molecule has 17 heavy (non-hydrogen) atoms. The van der Waals surface area contributed by atoms with E-state index in [1.54, 1.807) is 0 Å². The Labute approximate surface area is 106 Å². The molecule has 0 spiro atoms. The SMILES string of the molecule is CCCC[C@H](N)CN(CC)c1cccc(C)c1. The maximum Gasteiger partial charge on any atom is 0.0369 e. The molecule has 0 fully saturated rings. The third-order valence-electron chi connectivity index (χ3n) is 3.13. The molecular weight excluding hydrogens is 208 g/mol. The minimum atomic E-state index is 0.287. The molecule has 1 rings (SSSR count). The summed E-state index contributed by atoms with van der Waals surface area (Å²) in [6, 6.07) is 8.94. The monoisotopic (exact) mass is 234 g/mol. The summed E-state index contributed by atoms with van der Waals surface area (Å²) in [5.74, 6) is 0. The lowest BCUT2D eigenvalue weighted by atomic mass is 10.1. The topological polar surface area (TPSA) is 29.3 Å². The van der Waals surface area contributed by atoms with Crippen LogP contribution in [0.3, 0.4) is 0 Å². The van der Waals surface area contributed by atoms with E-state index in [1.165, 1.54) is 24.1 Å². The number of hydrogen-bond acceptors (Lipinski definition) is 2. The Kier molecular flexibility index (Phi) is 6.06. The van der Waals surface area contributed by atoms with Crippen molar-refractivity contribution in [3.05, 3.63) is 29.8 Å². The molecule has 0 radical (unpaired) electrons. The van der Waals surface area contributed by atoms with Crippen molar-refractivity contribution in [3.8, 4) is 0 Å². The second-order valence-electron chi connectivity index (χ2n) is 4.78. The van der Waals surface area contributed by atoms with Gasteiger partial charge in [-0.25, -0.2) is 0 Å². The number of anilines is 1. The van der Waals surface area contributed by atoms with E-state index < -0.39 is 0 Å². The molecular formula is C15H26N2. The zero-order valence-corrected chi connectivity index (χ0v) is 11.4. The Balaban J connectivity index is 2.59. The molecule has 0 aliphatic carbocycles. The Morgan fingerprint density at radius 1 is 1.29 bits per heavy atom. The second kappa shape index (κ2) is 7.33. The molecule has 0 saturated heterocycles. The van der Waals surface area contributed by atoms with E-state index in [1.807, 2.05) is 0 Å². The fourth-order valence-electron chi connectivity index (χ4n) is 2.08. The van der Waals surface area contributed by atoms with E-state index in [2.05, 4.69) is 49.9 Å². The summed E-state index contributed by atoms with van der Waals surface area (Å²) in [7, 11) is 0. The summed E-state index contributed by atoms with van der Waals surface area (Å²) in [6.07, 6.45) is 3.58. The first-order valence-electron chi connectivity index (χ1n) is 6.74. The number of benzene rings is 1. The van der Waals surface area contributed by atoms with Gasteiger partial charge in [0.25, 0.3) is 0 Å². The zero-order chi connectivity index (χ0) is 12.7. The average molecular weight is 234 g/mol. The van der Waals surface area contributed by atoms with Crippen LogP contribution in [-0.4, -0.2) is 19.1 Å². The van der Waals surface area contributed by atoms with Crippen molar-refractivity contribution in [1.29, 1.82) is 0 Å². The highest BCUT2D eigenvalue weighted by atomic mass is 15.1. The van der Waals surface area contributed by atoms with E-state index in [0.29, 0.717) is 0 Å². The lowest BCUT2D eigenvalue weighted by molar-refractivity contribution is 0.564. The lowest BCUT2D eigenvalue weighted by Crippen LogP contribution is -2.37. The van der Waals surface area contributed by atoms with Crippen LogP contribution in [0.25, 0.3) is 0 Å². The van der Waals surface area contributed by atoms with E-state index >= 15 is 0 Å². The largest absolute Gasteiger partial charge is 0.370 e. The van der Waals surface area contributed by atoms with Gasteiger partial charge in [0.05, 0.1) is 0 Å². The first-order chi connectivity index (χ1) is 8.17. The zero-order valence-electron chi connectivity index (χ0n) is 11.4. The molecule has 96 valence electrons. The molecule has 2 heteroatoms. The van der Waals surface area contributed by atoms with Crippen LogP contribution in [0.2, 0.25) is 0 Å². The number of hydrogen-bond donors (Lipinski definition) is 1. The summed E-state index contributed by atoms with van der Waals surface area (Å²) >= 11 is 0. The third kappa shape index (κ3) is 4.78. The third-order valence-corrected chi connectivity index (χ3v) is 3.13. The van der Waals surface area contributed by atoms with Crippen LogP contribution in [0.4, 0.5) is 5.69 Å². The van der Waals surface area contributed by atoms with Crippen LogP contribution < -0.4 is 10.6 Å². The number of rotatable bonds is 7. The van der Waals surface area contributed by atoms with E-state index in [4.69, 9.17) is 5.73 Å². The van der Waals surface area contributed by atoms with Gasteiger partial charge in [0.2, 0.25) is 0 Å². The molecule has 1 aromatic carbocycles. The summed E-state index contributed by atoms with van der Waals surface area (Å²) in [5, 5.41) is 0. The van der Waals surface area contributed by atoms with Crippen molar-refractivity contribution in [2.45, 2.75) is 46.1 Å². The lowest BCUT2D eigenvalue weighted by Gasteiger charge is -2.26. The smallest absolute Gasteiger partial charge is 0.0369 e. The minimum absolute atomic E-state index is 0.287. The summed E-state index contributed by atoms with van der Waals surface area (Å²) in [4.78, 5) is 2.37. The van der Waals surface area contributed by atoms with Gasteiger partial charge in [-0.2, -0.15) is 0 Å². The van der Waals surface area contributed by atoms with Crippen molar-refractivity contribution in [1.82, 2.24) is 0 Å². The number of unbranched alkanes of at least 4 members (excludes halogenated alkanes) is 1. The van der Waals surface area contributed by atoms with Gasteiger partial charge in [-0.15, -0.1) is 0 Å². The molecule has 1 aromatic rings. The van der Waals surface area contributed by atoms with Crippen molar-refractivity contribution >= 4 is 5.69 Å². The van der Waals surface area contributed by atoms with Gasteiger partial charge in [0.1, 0.15) is 0 Å². The number of aryl methyl sites for hydroxylation is 1. The first-order valence-corrected chi connectivity index (χ1v) is 6.74. The van der Waals surface area contributed by atoms with Crippen molar-refractivity contribution in [2.75, 3.05) is 18.0 Å². The molecule has 0 unspecified atom stereocenters. The summed E-state index contributed by atoms with van der Waals surface area (Å²) < 4.78 is 0. The number of nitrogens with zero attached hydrogens (tertiary/aromatic N) is 1. The van der Waals surface area contributed by atoms with Crippen molar-refractivity contribution in [2.24, 2.45) is 5.73 Å². The van der Waals surface area contributed by atoms with Gasteiger partial charge in [0.15, 0.2) is 0 Å². The molecule has 2 N–H and O–H groups in total. The average Bonchev–Trinajstić information content (AvgIpc) is 2.33. The predicted molar refractivity (Wildman–Crippen MR) is 76.6 cm³/mol. The Morgan fingerprint density at radius 3 is 2.65 bits per heavy atom. The molecule has 2 nitrogen and oxygen atoms in total. The Bertz CT molecular complexity index is 322. The van der Waals surface area contributed by atoms with Gasteiger partial charge in [-0.05, 0) is 38.0 Å². The quantitative estimate of drug-likeness (QED) is 0.784. The first kappa shape index (κ1) is 14.0. The van der Waals surface area contributed by atoms with Crippen molar-refractivity contribution in [3.63, 3.8) is 0 Å². The summed E-state index contributed by atoms with van der Waals surface area (Å²) in [6.45, 7) is 8.51. The molecule has 0 amide bonds. The van der Waals surface area contributed by atoms with Gasteiger partial charge in [-0.3, -0.25) is 0 Å². The van der Waals surface area contributed by atoms with Gasteiger partial charge >= 0.3 is 0 Å². The van der Waals surface area contributed by atoms with E-state index in [-0.39, 0.29) is 6.04 Å². The molecule has 0 heterocycles. The van der Waals surface area contributed by atoms with Crippen LogP contribution in [0.15, 0.2) is 24.3 Å². The second-order valence-corrected chi connectivity index (χ2v) is 4.78. The highest BCUT2D eigenvalue weighted by Gasteiger charge is 2.09. The van der Waals surface area contributed by atoms with Crippen LogP contribution in [0.1, 0.15) is 38.7 Å². The Morgan fingerprint density at radius 2 is 2.06 bits per heavy atom. The molecule has 1 atom stereocenters. The fraction of sp³-hybridized carbons (Fsp3) is 0.600. The predicted octanol–water partition coefficient (Wildman–Crippen LogP) is 3.34. The maximum atomic E-state index is 6.17.